The van der Waals surface area contributed by atoms with Gasteiger partial charge in [0.2, 0.25) is 5.91 Å². The van der Waals surface area contributed by atoms with E-state index >= 15 is 0 Å². The lowest BCUT2D eigenvalue weighted by Crippen LogP contribution is -2.38. The van der Waals surface area contributed by atoms with Gasteiger partial charge in [-0.15, -0.1) is 0 Å². The highest BCUT2D eigenvalue weighted by molar-refractivity contribution is 7.98. The van der Waals surface area contributed by atoms with Gasteiger partial charge in [-0.1, -0.05) is 30.3 Å². The largest absolute Gasteiger partial charge is 0.461 e. The van der Waals surface area contributed by atoms with Crippen LogP contribution in [0.2, 0.25) is 0 Å². The molecule has 1 amide bonds. The molecule has 2 aromatic heterocycles. The van der Waals surface area contributed by atoms with Crippen molar-refractivity contribution in [2.75, 3.05) is 18.6 Å². The average molecular weight is 480 g/mol. The minimum atomic E-state index is -0.440. The van der Waals surface area contributed by atoms with Crippen LogP contribution in [0.15, 0.2) is 56.1 Å². The van der Waals surface area contributed by atoms with Gasteiger partial charge in [0, 0.05) is 34.4 Å². The highest BCUT2D eigenvalue weighted by Crippen LogP contribution is 2.37. The van der Waals surface area contributed by atoms with E-state index in [1.807, 2.05) is 56.5 Å². The summed E-state index contributed by atoms with van der Waals surface area (Å²) in [4.78, 5) is 25.2. The lowest BCUT2D eigenvalue weighted by Gasteiger charge is -2.16. The Morgan fingerprint density at radius 1 is 1.09 bits per heavy atom. The zero-order valence-electron chi connectivity index (χ0n) is 19.6. The number of nitrogens with one attached hydrogen (secondary N) is 1. The van der Waals surface area contributed by atoms with Gasteiger partial charge in [-0.05, 0) is 55.9 Å². The second-order valence-electron chi connectivity index (χ2n) is 8.47. The molecule has 0 aliphatic rings. The lowest BCUT2D eigenvalue weighted by molar-refractivity contribution is -0.122. The van der Waals surface area contributed by atoms with Crippen molar-refractivity contribution in [3.8, 4) is 11.1 Å². The summed E-state index contributed by atoms with van der Waals surface area (Å²) in [5.74, 6) is 1.46. The molecule has 34 heavy (non-hydrogen) atoms. The molecule has 4 aromatic rings. The number of aliphatic hydroxyl groups excluding tert-OH is 1. The van der Waals surface area contributed by atoms with Crippen molar-refractivity contribution in [2.24, 2.45) is 0 Å². The molecule has 7 heteroatoms. The number of furan rings is 1. The van der Waals surface area contributed by atoms with Crippen LogP contribution in [0.4, 0.5) is 0 Å². The fourth-order valence-electron chi connectivity index (χ4n) is 4.36. The van der Waals surface area contributed by atoms with E-state index in [-0.39, 0.29) is 31.4 Å². The third-order valence-corrected chi connectivity index (χ3v) is 6.84. The molecule has 6 nitrogen and oxygen atoms in total. The first-order valence-corrected chi connectivity index (χ1v) is 12.8. The first-order valence-electron chi connectivity index (χ1n) is 11.4. The van der Waals surface area contributed by atoms with Crippen LogP contribution in [0, 0.1) is 13.8 Å². The van der Waals surface area contributed by atoms with Crippen LogP contribution >= 0.6 is 11.8 Å². The molecule has 0 spiro atoms. The molecule has 0 aliphatic heterocycles. The molecule has 1 atom stereocenters. The topological polar surface area (TPSA) is 92.7 Å². The maximum atomic E-state index is 12.7. The molecule has 2 N–H and O–H groups in total. The summed E-state index contributed by atoms with van der Waals surface area (Å²) in [7, 11) is 0. The number of amides is 1. The number of benzene rings is 2. The summed E-state index contributed by atoms with van der Waals surface area (Å²) in [6, 6.07) is 13.5. The minimum absolute atomic E-state index is 0.104. The monoisotopic (exact) mass is 479 g/mol. The van der Waals surface area contributed by atoms with E-state index < -0.39 is 5.63 Å². The number of hydrogen-bond acceptors (Lipinski definition) is 6. The van der Waals surface area contributed by atoms with Crippen molar-refractivity contribution in [3.05, 3.63) is 69.8 Å². The van der Waals surface area contributed by atoms with Crippen molar-refractivity contribution in [3.63, 3.8) is 0 Å². The Kier molecular flexibility index (Phi) is 7.44. The van der Waals surface area contributed by atoms with Crippen LogP contribution in [0.25, 0.3) is 33.1 Å². The van der Waals surface area contributed by atoms with Gasteiger partial charge in [0.15, 0.2) is 0 Å². The van der Waals surface area contributed by atoms with Crippen LogP contribution in [-0.4, -0.2) is 35.7 Å². The Morgan fingerprint density at radius 2 is 1.82 bits per heavy atom. The molecule has 2 heterocycles. The highest BCUT2D eigenvalue weighted by Gasteiger charge is 2.19. The summed E-state index contributed by atoms with van der Waals surface area (Å²) in [5.41, 5.74) is 4.07. The molecule has 0 unspecified atom stereocenters. The molecule has 0 saturated carbocycles. The first-order chi connectivity index (χ1) is 16.4. The number of fused-ring (bicyclic) bond motifs is 2. The Bertz CT molecular complexity index is 1370. The second kappa shape index (κ2) is 10.5. The van der Waals surface area contributed by atoms with Crippen molar-refractivity contribution in [2.45, 2.75) is 39.2 Å². The molecular weight excluding hydrogens is 450 g/mol. The fourth-order valence-corrected chi connectivity index (χ4v) is 4.88. The fraction of sp³-hybridized carbons (Fsp3) is 0.333. The molecule has 0 radical (unpaired) electrons. The van der Waals surface area contributed by atoms with E-state index in [4.69, 9.17) is 8.83 Å². The average Bonchev–Trinajstić information content (AvgIpc) is 3.15. The number of rotatable bonds is 9. The van der Waals surface area contributed by atoms with Gasteiger partial charge in [0.05, 0.1) is 12.6 Å². The van der Waals surface area contributed by atoms with Crippen LogP contribution in [-0.2, 0) is 11.2 Å². The number of thioether (sulfide) groups is 1. The second-order valence-corrected chi connectivity index (χ2v) is 9.45. The number of hydrogen-bond donors (Lipinski definition) is 2. The molecule has 178 valence electrons. The Balaban J connectivity index is 1.66. The van der Waals surface area contributed by atoms with Gasteiger partial charge in [-0.2, -0.15) is 11.8 Å². The number of aliphatic hydroxyl groups is 1. The Labute approximate surface area is 202 Å². The van der Waals surface area contributed by atoms with Crippen molar-refractivity contribution in [1.82, 2.24) is 5.32 Å². The first kappa shape index (κ1) is 24.1. The molecule has 0 aliphatic carbocycles. The summed E-state index contributed by atoms with van der Waals surface area (Å²) in [5, 5.41) is 14.1. The number of carbonyl (C=O) groups is 1. The number of carbonyl (C=O) groups excluding carboxylic acids is 1. The maximum Gasteiger partial charge on any atom is 0.339 e. The zero-order valence-corrected chi connectivity index (χ0v) is 20.5. The van der Waals surface area contributed by atoms with Crippen LogP contribution in [0.5, 0.6) is 0 Å². The van der Waals surface area contributed by atoms with E-state index in [2.05, 4.69) is 5.32 Å². The summed E-state index contributed by atoms with van der Waals surface area (Å²) in [6.45, 7) is 3.72. The van der Waals surface area contributed by atoms with Crippen molar-refractivity contribution >= 4 is 39.6 Å². The van der Waals surface area contributed by atoms with E-state index in [1.165, 1.54) is 0 Å². The Hall–Kier alpha value is -3.03. The van der Waals surface area contributed by atoms with Gasteiger partial charge in [-0.3, -0.25) is 4.79 Å². The van der Waals surface area contributed by atoms with E-state index in [0.717, 1.165) is 39.0 Å². The summed E-state index contributed by atoms with van der Waals surface area (Å²) in [6.07, 6.45) is 3.10. The van der Waals surface area contributed by atoms with Gasteiger partial charge in [-0.25, -0.2) is 4.79 Å². The predicted molar refractivity (Wildman–Crippen MR) is 138 cm³/mol. The number of aryl methyl sites for hydroxylation is 2. The molecular formula is C27H29NO5S. The maximum absolute atomic E-state index is 12.7. The highest BCUT2D eigenvalue weighted by atomic mass is 32.2. The van der Waals surface area contributed by atoms with Gasteiger partial charge >= 0.3 is 5.63 Å². The standard InChI is InChI=1S/C27H29NO5S/c1-16-20(9-10-25(30)28-19(15-29)11-12-34-3)27(31)33-23-14-24-22(13-21(16)23)26(17(2)32-24)18-7-5-4-6-8-18/h4-8,13-14,19,29H,9-12,15H2,1-3H3,(H,28,30)/t19-/m1/s1. The predicted octanol–water partition coefficient (Wildman–Crippen LogP) is 4.99. The quantitative estimate of drug-likeness (QED) is 0.329. The van der Waals surface area contributed by atoms with Crippen molar-refractivity contribution < 1.29 is 18.7 Å². The molecule has 0 saturated heterocycles. The van der Waals surface area contributed by atoms with Crippen LogP contribution in [0.3, 0.4) is 0 Å². The third kappa shape index (κ3) is 4.91. The lowest BCUT2D eigenvalue weighted by atomic mass is 9.98. The Morgan fingerprint density at radius 3 is 2.53 bits per heavy atom. The van der Waals surface area contributed by atoms with E-state index in [1.54, 1.807) is 17.8 Å². The van der Waals surface area contributed by atoms with E-state index in [0.29, 0.717) is 23.2 Å². The van der Waals surface area contributed by atoms with Gasteiger partial charge < -0.3 is 19.3 Å². The minimum Gasteiger partial charge on any atom is -0.461 e. The summed E-state index contributed by atoms with van der Waals surface area (Å²) >= 11 is 1.67. The summed E-state index contributed by atoms with van der Waals surface area (Å²) < 4.78 is 11.6. The zero-order chi connectivity index (χ0) is 24.2. The van der Waals surface area contributed by atoms with E-state index in [9.17, 15) is 14.7 Å². The van der Waals surface area contributed by atoms with Crippen LogP contribution < -0.4 is 10.9 Å². The molecule has 2 aromatic carbocycles. The van der Waals surface area contributed by atoms with Crippen LogP contribution in [0.1, 0.15) is 29.7 Å². The molecule has 0 fully saturated rings. The third-order valence-electron chi connectivity index (χ3n) is 6.19. The van der Waals surface area contributed by atoms with Gasteiger partial charge in [0.25, 0.3) is 0 Å². The SMILES string of the molecule is CSCC[C@H](CO)NC(=O)CCc1c(C)c2cc3c(-c4ccccc4)c(C)oc3cc2oc1=O. The van der Waals surface area contributed by atoms with Crippen molar-refractivity contribution in [1.29, 1.82) is 0 Å². The molecule has 0 bridgehead atoms. The molecule has 4 rings (SSSR count). The smallest absolute Gasteiger partial charge is 0.339 e. The van der Waals surface area contributed by atoms with Gasteiger partial charge in [0.1, 0.15) is 16.9 Å². The normalized spacial score (nSPS) is 12.4.